The number of rotatable bonds is 4. The van der Waals surface area contributed by atoms with Crippen LogP contribution in [0.4, 0.5) is 0 Å². The van der Waals surface area contributed by atoms with Crippen molar-refractivity contribution in [3.05, 3.63) is 35.6 Å². The van der Waals surface area contributed by atoms with E-state index in [4.69, 9.17) is 14.4 Å². The summed E-state index contributed by atoms with van der Waals surface area (Å²) in [5.41, 5.74) is 0.902. The van der Waals surface area contributed by atoms with Gasteiger partial charge in [0.2, 0.25) is 8.32 Å². The van der Waals surface area contributed by atoms with Crippen molar-refractivity contribution in [3.63, 3.8) is 0 Å². The summed E-state index contributed by atoms with van der Waals surface area (Å²) < 4.78 is 10.8. The molecule has 0 N–H and O–H groups in total. The molecule has 0 heterocycles. The van der Waals surface area contributed by atoms with E-state index >= 15 is 0 Å². The first-order valence-electron chi connectivity index (χ1n) is 5.39. The van der Waals surface area contributed by atoms with Crippen molar-refractivity contribution in [2.75, 3.05) is 7.11 Å². The molecule has 0 spiro atoms. The molecular weight excluding hydrogens is 230 g/mol. The number of methoxy groups -OCH3 is 1. The third-order valence-corrected chi connectivity index (χ3v) is 2.75. The van der Waals surface area contributed by atoms with Gasteiger partial charge in [-0.25, -0.2) is 0 Å². The van der Waals surface area contributed by atoms with Crippen LogP contribution in [-0.4, -0.2) is 15.4 Å². The normalized spacial score (nSPS) is 11.8. The fourth-order valence-electron chi connectivity index (χ4n) is 1.30. The molecule has 3 nitrogen and oxygen atoms in total. The Bertz CT molecular complexity index is 455. The molecule has 0 atom stereocenters. The topological polar surface area (TPSA) is 42.2 Å². The number of nitriles is 1. The SMILES string of the molecule is COc1cccc(/C=C(/C#N)O[Si](C)(C)C)c1. The summed E-state index contributed by atoms with van der Waals surface area (Å²) in [5, 5.41) is 9.02. The number of benzene rings is 1. The molecule has 0 aliphatic carbocycles. The fraction of sp³-hybridized carbons (Fsp3) is 0.308. The molecule has 0 unspecified atom stereocenters. The van der Waals surface area contributed by atoms with E-state index in [1.54, 1.807) is 13.2 Å². The van der Waals surface area contributed by atoms with Crippen molar-refractivity contribution in [2.24, 2.45) is 0 Å². The van der Waals surface area contributed by atoms with Gasteiger partial charge >= 0.3 is 0 Å². The molecule has 1 aromatic carbocycles. The van der Waals surface area contributed by atoms with Crippen LogP contribution in [0.1, 0.15) is 5.56 Å². The zero-order valence-corrected chi connectivity index (χ0v) is 11.7. The molecular formula is C13H17NO2Si. The van der Waals surface area contributed by atoms with Crippen LogP contribution in [0.3, 0.4) is 0 Å². The minimum atomic E-state index is -1.74. The van der Waals surface area contributed by atoms with Crippen molar-refractivity contribution in [3.8, 4) is 11.8 Å². The number of nitrogens with zero attached hydrogens (tertiary/aromatic N) is 1. The van der Waals surface area contributed by atoms with Crippen LogP contribution in [0.15, 0.2) is 30.0 Å². The van der Waals surface area contributed by atoms with E-state index in [9.17, 15) is 0 Å². The summed E-state index contributed by atoms with van der Waals surface area (Å²) in [4.78, 5) is 0. The molecule has 1 aromatic rings. The Morgan fingerprint density at radius 1 is 1.35 bits per heavy atom. The first kappa shape index (κ1) is 13.3. The Hall–Kier alpha value is -1.73. The minimum Gasteiger partial charge on any atom is -0.537 e. The minimum absolute atomic E-state index is 0.359. The third-order valence-electron chi connectivity index (χ3n) is 1.92. The van der Waals surface area contributed by atoms with E-state index in [0.717, 1.165) is 11.3 Å². The van der Waals surface area contributed by atoms with Gasteiger partial charge < -0.3 is 9.16 Å². The van der Waals surface area contributed by atoms with E-state index in [0.29, 0.717) is 5.76 Å². The summed E-state index contributed by atoms with van der Waals surface area (Å²) in [6, 6.07) is 9.60. The quantitative estimate of drug-likeness (QED) is 0.465. The molecule has 0 fully saturated rings. The Balaban J connectivity index is 2.95. The summed E-state index contributed by atoms with van der Waals surface area (Å²) in [6.45, 7) is 6.14. The predicted octanol–water partition coefficient (Wildman–Crippen LogP) is 3.41. The van der Waals surface area contributed by atoms with Crippen molar-refractivity contribution < 1.29 is 9.16 Å². The summed E-state index contributed by atoms with van der Waals surface area (Å²) in [6.07, 6.45) is 1.74. The molecule has 0 aliphatic rings. The number of ether oxygens (including phenoxy) is 1. The Morgan fingerprint density at radius 2 is 2.06 bits per heavy atom. The lowest BCUT2D eigenvalue weighted by Gasteiger charge is -2.17. The zero-order chi connectivity index (χ0) is 12.9. The molecule has 4 heteroatoms. The smallest absolute Gasteiger partial charge is 0.243 e. The van der Waals surface area contributed by atoms with Gasteiger partial charge in [-0.2, -0.15) is 5.26 Å². The largest absolute Gasteiger partial charge is 0.537 e. The van der Waals surface area contributed by atoms with Gasteiger partial charge in [0.1, 0.15) is 11.8 Å². The molecule has 90 valence electrons. The average Bonchev–Trinajstić information content (AvgIpc) is 2.26. The van der Waals surface area contributed by atoms with Gasteiger partial charge in [-0.3, -0.25) is 0 Å². The molecule has 17 heavy (non-hydrogen) atoms. The first-order valence-corrected chi connectivity index (χ1v) is 8.80. The highest BCUT2D eigenvalue weighted by Crippen LogP contribution is 2.17. The van der Waals surface area contributed by atoms with E-state index in [2.05, 4.69) is 6.07 Å². The zero-order valence-electron chi connectivity index (χ0n) is 10.7. The van der Waals surface area contributed by atoms with Gasteiger partial charge in [-0.1, -0.05) is 12.1 Å². The van der Waals surface area contributed by atoms with E-state index in [1.807, 2.05) is 43.9 Å². The summed E-state index contributed by atoms with van der Waals surface area (Å²) in [7, 11) is -0.121. The van der Waals surface area contributed by atoms with E-state index in [1.165, 1.54) is 0 Å². The van der Waals surface area contributed by atoms with Gasteiger partial charge in [-0.15, -0.1) is 0 Å². The van der Waals surface area contributed by atoms with Gasteiger partial charge in [0.25, 0.3) is 0 Å². The predicted molar refractivity (Wildman–Crippen MR) is 71.0 cm³/mol. The van der Waals surface area contributed by atoms with Crippen LogP contribution in [0.5, 0.6) is 5.75 Å². The monoisotopic (exact) mass is 247 g/mol. The Kier molecular flexibility index (Phi) is 4.35. The van der Waals surface area contributed by atoms with Gasteiger partial charge in [0.15, 0.2) is 5.76 Å². The van der Waals surface area contributed by atoms with Gasteiger partial charge in [0.05, 0.1) is 7.11 Å². The molecule has 0 saturated carbocycles. The third kappa shape index (κ3) is 4.75. The van der Waals surface area contributed by atoms with Gasteiger partial charge in [-0.05, 0) is 43.4 Å². The average molecular weight is 247 g/mol. The molecule has 1 rings (SSSR count). The van der Waals surface area contributed by atoms with Crippen LogP contribution < -0.4 is 4.74 Å². The van der Waals surface area contributed by atoms with Crippen LogP contribution in [0, 0.1) is 11.3 Å². The highest BCUT2D eigenvalue weighted by Gasteiger charge is 2.17. The van der Waals surface area contributed by atoms with Crippen molar-refractivity contribution in [1.29, 1.82) is 5.26 Å². The maximum Gasteiger partial charge on any atom is 0.243 e. The second kappa shape index (κ2) is 5.55. The molecule has 0 radical (unpaired) electrons. The first-order chi connectivity index (χ1) is 7.94. The summed E-state index contributed by atoms with van der Waals surface area (Å²) >= 11 is 0. The van der Waals surface area contributed by atoms with Crippen molar-refractivity contribution in [2.45, 2.75) is 19.6 Å². The van der Waals surface area contributed by atoms with Crippen LogP contribution in [-0.2, 0) is 4.43 Å². The van der Waals surface area contributed by atoms with Crippen LogP contribution in [0.2, 0.25) is 19.6 Å². The highest BCUT2D eigenvalue weighted by molar-refractivity contribution is 6.70. The maximum absolute atomic E-state index is 9.02. The van der Waals surface area contributed by atoms with Crippen molar-refractivity contribution in [1.82, 2.24) is 0 Å². The van der Waals surface area contributed by atoms with Crippen molar-refractivity contribution >= 4 is 14.4 Å². The van der Waals surface area contributed by atoms with Crippen LogP contribution in [0.25, 0.3) is 6.08 Å². The lowest BCUT2D eigenvalue weighted by Crippen LogP contribution is -2.24. The number of hydrogen-bond donors (Lipinski definition) is 0. The molecule has 0 amide bonds. The second-order valence-corrected chi connectivity index (χ2v) is 9.04. The van der Waals surface area contributed by atoms with E-state index in [-0.39, 0.29) is 0 Å². The molecule has 0 saturated heterocycles. The Labute approximate surface area is 103 Å². The molecule has 0 aromatic heterocycles. The lowest BCUT2D eigenvalue weighted by molar-refractivity contribution is 0.414. The molecule has 0 aliphatic heterocycles. The number of hydrogen-bond acceptors (Lipinski definition) is 3. The standard InChI is InChI=1S/C13H17NO2Si/c1-15-12-7-5-6-11(8-12)9-13(10-14)16-17(2,3)4/h5-9H,1-4H3/b13-9-. The Morgan fingerprint density at radius 3 is 2.59 bits per heavy atom. The van der Waals surface area contributed by atoms with Gasteiger partial charge in [0, 0.05) is 0 Å². The fourth-order valence-corrected chi connectivity index (χ4v) is 2.06. The number of allylic oxidation sites excluding steroid dienone is 1. The highest BCUT2D eigenvalue weighted by atomic mass is 28.4. The second-order valence-electron chi connectivity index (χ2n) is 4.61. The lowest BCUT2D eigenvalue weighted by atomic mass is 10.2. The van der Waals surface area contributed by atoms with Crippen LogP contribution >= 0.6 is 0 Å². The molecule has 0 bridgehead atoms. The maximum atomic E-state index is 9.02. The summed E-state index contributed by atoms with van der Waals surface area (Å²) in [5.74, 6) is 1.13. The van der Waals surface area contributed by atoms with E-state index < -0.39 is 8.32 Å².